The number of nitrogens with zero attached hydrogens (tertiary/aromatic N) is 1. The van der Waals surface area contributed by atoms with Gasteiger partial charge in [0.2, 0.25) is 5.71 Å². The molecule has 136 valence electrons. The van der Waals surface area contributed by atoms with Crippen LogP contribution in [0.4, 0.5) is 0 Å². The van der Waals surface area contributed by atoms with Gasteiger partial charge in [-0.3, -0.25) is 9.59 Å². The van der Waals surface area contributed by atoms with Gasteiger partial charge in [0.05, 0.1) is 13.2 Å². The number of hydrogen-bond acceptors (Lipinski definition) is 7. The van der Waals surface area contributed by atoms with Crippen LogP contribution >= 0.6 is 0 Å². The lowest BCUT2D eigenvalue weighted by Crippen LogP contribution is -2.27. The van der Waals surface area contributed by atoms with E-state index in [4.69, 9.17) is 14.3 Å². The molecule has 0 heterocycles. The van der Waals surface area contributed by atoms with Crippen LogP contribution < -0.4 is 0 Å². The van der Waals surface area contributed by atoms with Crippen LogP contribution in [0.5, 0.6) is 0 Å². The minimum atomic E-state index is -0.836. The summed E-state index contributed by atoms with van der Waals surface area (Å²) in [5.74, 6) is -1.75. The second-order valence-electron chi connectivity index (χ2n) is 5.00. The number of esters is 2. The van der Waals surface area contributed by atoms with Gasteiger partial charge in [-0.05, 0) is 25.8 Å². The first-order valence-corrected chi connectivity index (χ1v) is 8.18. The minimum Gasteiger partial charge on any atom is -0.466 e. The van der Waals surface area contributed by atoms with Crippen LogP contribution in [0.1, 0.15) is 38.7 Å². The normalized spacial score (nSPS) is 10.9. The van der Waals surface area contributed by atoms with Crippen molar-refractivity contribution in [1.29, 1.82) is 0 Å². The Kier molecular flexibility index (Phi) is 9.58. The molecule has 0 aromatic heterocycles. The summed E-state index contributed by atoms with van der Waals surface area (Å²) in [7, 11) is 0. The zero-order valence-corrected chi connectivity index (χ0v) is 14.5. The van der Waals surface area contributed by atoms with E-state index in [0.717, 1.165) is 5.56 Å². The van der Waals surface area contributed by atoms with E-state index in [1.165, 1.54) is 0 Å². The van der Waals surface area contributed by atoms with E-state index in [9.17, 15) is 14.4 Å². The van der Waals surface area contributed by atoms with Crippen LogP contribution in [0.3, 0.4) is 0 Å². The third kappa shape index (κ3) is 8.10. The Bertz CT molecular complexity index is 597. The lowest BCUT2D eigenvalue weighted by molar-refractivity contribution is -0.143. The standard InChI is InChI=1S/C18H23NO6/c1-3-23-16(21)12-8-11-15(20)17(18(22)24-4-2)19-25-13-14-9-6-5-7-10-14/h5-7,9-10H,3-4,8,11-13H2,1-2H3/b19-17-. The van der Waals surface area contributed by atoms with E-state index < -0.39 is 17.5 Å². The van der Waals surface area contributed by atoms with Gasteiger partial charge in [-0.25, -0.2) is 4.79 Å². The highest BCUT2D eigenvalue weighted by Gasteiger charge is 2.23. The summed E-state index contributed by atoms with van der Waals surface area (Å²) in [6, 6.07) is 9.22. The maximum absolute atomic E-state index is 12.2. The fourth-order valence-corrected chi connectivity index (χ4v) is 1.89. The van der Waals surface area contributed by atoms with Crippen molar-refractivity contribution >= 4 is 23.4 Å². The van der Waals surface area contributed by atoms with Crippen LogP contribution in [0, 0.1) is 0 Å². The molecule has 0 saturated heterocycles. The molecule has 0 aliphatic carbocycles. The Hall–Kier alpha value is -2.70. The van der Waals surface area contributed by atoms with Gasteiger partial charge >= 0.3 is 11.9 Å². The van der Waals surface area contributed by atoms with Crippen LogP contribution in [0.2, 0.25) is 0 Å². The monoisotopic (exact) mass is 349 g/mol. The smallest absolute Gasteiger partial charge is 0.364 e. The highest BCUT2D eigenvalue weighted by Crippen LogP contribution is 2.04. The number of Topliss-reactive ketones (excluding diaryl/α,β-unsaturated/α-hetero) is 1. The molecular weight excluding hydrogens is 326 g/mol. The minimum absolute atomic E-state index is 0.0227. The summed E-state index contributed by atoms with van der Waals surface area (Å²) in [6.07, 6.45) is 0.334. The molecule has 1 aromatic rings. The molecule has 0 atom stereocenters. The number of rotatable bonds is 11. The Morgan fingerprint density at radius 3 is 2.28 bits per heavy atom. The lowest BCUT2D eigenvalue weighted by Gasteiger charge is -2.06. The van der Waals surface area contributed by atoms with Crippen molar-refractivity contribution in [3.63, 3.8) is 0 Å². The fraction of sp³-hybridized carbons (Fsp3) is 0.444. The van der Waals surface area contributed by atoms with E-state index in [1.807, 2.05) is 30.3 Å². The van der Waals surface area contributed by atoms with Crippen molar-refractivity contribution in [2.45, 2.75) is 39.7 Å². The van der Waals surface area contributed by atoms with E-state index in [0.29, 0.717) is 0 Å². The summed E-state index contributed by atoms with van der Waals surface area (Å²) in [5, 5.41) is 3.65. The number of benzene rings is 1. The average Bonchev–Trinajstić information content (AvgIpc) is 2.60. The first-order valence-electron chi connectivity index (χ1n) is 8.18. The second-order valence-corrected chi connectivity index (χ2v) is 5.00. The second kappa shape index (κ2) is 11.8. The summed E-state index contributed by atoms with van der Waals surface area (Å²) < 4.78 is 9.62. The first-order chi connectivity index (χ1) is 12.1. The molecule has 0 unspecified atom stereocenters. The Morgan fingerprint density at radius 1 is 0.960 bits per heavy atom. The predicted molar refractivity (Wildman–Crippen MR) is 90.8 cm³/mol. The molecular formula is C18H23NO6. The first kappa shape index (κ1) is 20.3. The van der Waals surface area contributed by atoms with Crippen molar-refractivity contribution in [2.24, 2.45) is 5.16 Å². The number of hydrogen-bond donors (Lipinski definition) is 0. The molecule has 0 fully saturated rings. The van der Waals surface area contributed by atoms with E-state index >= 15 is 0 Å². The third-order valence-electron chi connectivity index (χ3n) is 3.05. The molecule has 25 heavy (non-hydrogen) atoms. The number of carbonyl (C=O) groups excluding carboxylic acids is 3. The summed E-state index contributed by atoms with van der Waals surface area (Å²) in [5.41, 5.74) is 0.450. The maximum Gasteiger partial charge on any atom is 0.364 e. The van der Waals surface area contributed by atoms with Crippen LogP contribution in [0.25, 0.3) is 0 Å². The molecule has 7 heteroatoms. The van der Waals surface area contributed by atoms with E-state index in [2.05, 4.69) is 5.16 Å². The molecule has 7 nitrogen and oxygen atoms in total. The van der Waals surface area contributed by atoms with Crippen molar-refractivity contribution in [3.8, 4) is 0 Å². The largest absolute Gasteiger partial charge is 0.466 e. The topological polar surface area (TPSA) is 91.3 Å². The zero-order chi connectivity index (χ0) is 18.5. The molecule has 0 aliphatic rings. The quantitative estimate of drug-likeness (QED) is 0.264. The molecule has 0 aliphatic heterocycles. The Morgan fingerprint density at radius 2 is 1.64 bits per heavy atom. The molecule has 1 aromatic carbocycles. The summed E-state index contributed by atoms with van der Waals surface area (Å²) in [4.78, 5) is 40.4. The highest BCUT2D eigenvalue weighted by molar-refractivity contribution is 6.64. The van der Waals surface area contributed by atoms with Gasteiger partial charge in [-0.15, -0.1) is 0 Å². The fourth-order valence-electron chi connectivity index (χ4n) is 1.89. The molecule has 0 amide bonds. The Labute approximate surface area is 146 Å². The highest BCUT2D eigenvalue weighted by atomic mass is 16.6. The van der Waals surface area contributed by atoms with E-state index in [-0.39, 0.29) is 45.1 Å². The van der Waals surface area contributed by atoms with Crippen LogP contribution in [0.15, 0.2) is 35.5 Å². The molecule has 1 rings (SSSR count). The predicted octanol–water partition coefficient (Wildman–Crippen LogP) is 2.42. The SMILES string of the molecule is CCOC(=O)CCCC(=O)/C(=N/OCc1ccccc1)C(=O)OCC. The van der Waals surface area contributed by atoms with Gasteiger partial charge in [0.25, 0.3) is 0 Å². The van der Waals surface area contributed by atoms with Gasteiger partial charge in [-0.1, -0.05) is 35.5 Å². The third-order valence-corrected chi connectivity index (χ3v) is 3.05. The summed E-state index contributed by atoms with van der Waals surface area (Å²) >= 11 is 0. The van der Waals surface area contributed by atoms with Gasteiger partial charge in [-0.2, -0.15) is 0 Å². The average molecular weight is 349 g/mol. The number of ketones is 1. The van der Waals surface area contributed by atoms with Crippen molar-refractivity contribution in [1.82, 2.24) is 0 Å². The molecule has 0 radical (unpaired) electrons. The number of oxime groups is 1. The molecule has 0 N–H and O–H groups in total. The molecule has 0 saturated carbocycles. The van der Waals surface area contributed by atoms with Gasteiger partial charge < -0.3 is 14.3 Å². The van der Waals surface area contributed by atoms with Crippen molar-refractivity contribution < 1.29 is 28.7 Å². The van der Waals surface area contributed by atoms with Gasteiger partial charge in [0.15, 0.2) is 5.78 Å². The van der Waals surface area contributed by atoms with E-state index in [1.54, 1.807) is 13.8 Å². The molecule has 0 spiro atoms. The molecule has 0 bridgehead atoms. The van der Waals surface area contributed by atoms with Gasteiger partial charge in [0, 0.05) is 12.8 Å². The van der Waals surface area contributed by atoms with Crippen molar-refractivity contribution in [3.05, 3.63) is 35.9 Å². The maximum atomic E-state index is 12.2. The zero-order valence-electron chi connectivity index (χ0n) is 14.5. The number of ether oxygens (including phenoxy) is 2. The van der Waals surface area contributed by atoms with Crippen LogP contribution in [-0.4, -0.2) is 36.6 Å². The van der Waals surface area contributed by atoms with Crippen molar-refractivity contribution in [2.75, 3.05) is 13.2 Å². The number of carbonyl (C=O) groups is 3. The van der Waals surface area contributed by atoms with Crippen LogP contribution in [-0.2, 0) is 35.3 Å². The lowest BCUT2D eigenvalue weighted by atomic mass is 10.1. The van der Waals surface area contributed by atoms with Gasteiger partial charge in [0.1, 0.15) is 6.61 Å². The Balaban J connectivity index is 2.61. The summed E-state index contributed by atoms with van der Waals surface area (Å²) in [6.45, 7) is 3.87.